The van der Waals surface area contributed by atoms with Crippen molar-refractivity contribution in [3.8, 4) is 5.75 Å². The minimum Gasteiger partial charge on any atom is -0.468 e. The van der Waals surface area contributed by atoms with E-state index in [4.69, 9.17) is 9.15 Å². The van der Waals surface area contributed by atoms with Crippen LogP contribution >= 0.6 is 0 Å². The lowest BCUT2D eigenvalue weighted by Crippen LogP contribution is -2.33. The largest absolute Gasteiger partial charge is 0.468 e. The number of ether oxygens (including phenoxy) is 1. The predicted octanol–water partition coefficient (Wildman–Crippen LogP) is 4.03. The number of rotatable bonds is 6. The normalized spacial score (nSPS) is 12.4. The number of hydrogen-bond donors (Lipinski definition) is 1. The number of sulfone groups is 1. The van der Waals surface area contributed by atoms with E-state index in [1.807, 2.05) is 0 Å². The van der Waals surface area contributed by atoms with Gasteiger partial charge in [-0.3, -0.25) is 0 Å². The Morgan fingerprint density at radius 1 is 1.14 bits per heavy atom. The van der Waals surface area contributed by atoms with E-state index in [-0.39, 0.29) is 22.8 Å². The molecular formula is C20H18FNO5S. The minimum absolute atomic E-state index is 0.0639. The van der Waals surface area contributed by atoms with E-state index in [0.29, 0.717) is 5.75 Å². The van der Waals surface area contributed by atoms with Gasteiger partial charge in [-0.25, -0.2) is 17.6 Å². The van der Waals surface area contributed by atoms with Gasteiger partial charge in [-0.1, -0.05) is 18.2 Å². The summed E-state index contributed by atoms with van der Waals surface area (Å²) in [7, 11) is -3.96. The van der Waals surface area contributed by atoms with Gasteiger partial charge in [0.1, 0.15) is 22.6 Å². The SMILES string of the molecule is Cc1cc(S(=O)(=O)[C@H](CNC(=O)Oc2ccccc2)c2ccco2)ccc1F. The van der Waals surface area contributed by atoms with Crippen molar-refractivity contribution in [1.29, 1.82) is 0 Å². The van der Waals surface area contributed by atoms with Crippen LogP contribution in [0.25, 0.3) is 0 Å². The molecule has 0 radical (unpaired) electrons. The summed E-state index contributed by atoms with van der Waals surface area (Å²) in [5.41, 5.74) is 0.204. The van der Waals surface area contributed by atoms with Crippen LogP contribution in [0.1, 0.15) is 16.6 Å². The summed E-state index contributed by atoms with van der Waals surface area (Å²) in [5, 5.41) is 1.25. The summed E-state index contributed by atoms with van der Waals surface area (Å²) in [4.78, 5) is 12.0. The van der Waals surface area contributed by atoms with Gasteiger partial charge in [-0.2, -0.15) is 0 Å². The highest BCUT2D eigenvalue weighted by Crippen LogP contribution is 2.30. The van der Waals surface area contributed by atoms with Crippen LogP contribution in [0.2, 0.25) is 0 Å². The summed E-state index contributed by atoms with van der Waals surface area (Å²) in [6, 6.07) is 15.0. The molecule has 0 aliphatic heterocycles. The van der Waals surface area contributed by atoms with E-state index >= 15 is 0 Å². The maximum absolute atomic E-state index is 13.5. The number of benzene rings is 2. The zero-order valence-electron chi connectivity index (χ0n) is 15.0. The van der Waals surface area contributed by atoms with Crippen molar-refractivity contribution in [2.75, 3.05) is 6.54 Å². The summed E-state index contributed by atoms with van der Waals surface area (Å²) in [6.45, 7) is 1.20. The van der Waals surface area contributed by atoms with E-state index in [1.54, 1.807) is 36.4 Å². The second-order valence-electron chi connectivity index (χ2n) is 6.04. The molecule has 2 aromatic carbocycles. The molecule has 0 saturated carbocycles. The Hall–Kier alpha value is -3.13. The maximum atomic E-state index is 13.5. The Morgan fingerprint density at radius 2 is 1.89 bits per heavy atom. The lowest BCUT2D eigenvalue weighted by atomic mass is 10.2. The lowest BCUT2D eigenvalue weighted by Gasteiger charge is -2.17. The Balaban J connectivity index is 1.81. The molecule has 1 N–H and O–H groups in total. The van der Waals surface area contributed by atoms with Crippen LogP contribution < -0.4 is 10.1 Å². The molecule has 6 nitrogen and oxygen atoms in total. The van der Waals surface area contributed by atoms with E-state index in [2.05, 4.69) is 5.32 Å². The molecule has 1 aromatic heterocycles. The first-order valence-corrected chi connectivity index (χ1v) is 9.97. The van der Waals surface area contributed by atoms with E-state index in [1.165, 1.54) is 31.4 Å². The standard InChI is InChI=1S/C20H18FNO5S/c1-14-12-16(9-10-17(14)21)28(24,25)19(18-8-5-11-26-18)13-22-20(23)27-15-6-3-2-4-7-15/h2-12,19H,13H2,1H3,(H,22,23)/t19-/m1/s1. The molecule has 28 heavy (non-hydrogen) atoms. The second-order valence-corrected chi connectivity index (χ2v) is 8.17. The van der Waals surface area contributed by atoms with Gasteiger partial charge in [0.25, 0.3) is 0 Å². The Morgan fingerprint density at radius 3 is 2.54 bits per heavy atom. The Bertz CT molecular complexity index is 1050. The summed E-state index contributed by atoms with van der Waals surface area (Å²) >= 11 is 0. The maximum Gasteiger partial charge on any atom is 0.412 e. The number of aryl methyl sites for hydroxylation is 1. The topological polar surface area (TPSA) is 85.6 Å². The third-order valence-electron chi connectivity index (χ3n) is 4.08. The number of carbonyl (C=O) groups excluding carboxylic acids is 1. The van der Waals surface area contributed by atoms with Crippen LogP contribution in [0.4, 0.5) is 9.18 Å². The number of para-hydroxylation sites is 1. The molecule has 0 unspecified atom stereocenters. The number of furan rings is 1. The molecule has 146 valence electrons. The number of hydrogen-bond acceptors (Lipinski definition) is 5. The van der Waals surface area contributed by atoms with Crippen molar-refractivity contribution in [2.45, 2.75) is 17.1 Å². The zero-order valence-corrected chi connectivity index (χ0v) is 15.8. The third kappa shape index (κ3) is 4.40. The molecular weight excluding hydrogens is 385 g/mol. The van der Waals surface area contributed by atoms with E-state index < -0.39 is 27.0 Å². The summed E-state index contributed by atoms with van der Waals surface area (Å²) < 4.78 is 50.1. The predicted molar refractivity (Wildman–Crippen MR) is 100 cm³/mol. The van der Waals surface area contributed by atoms with Gasteiger partial charge in [-0.15, -0.1) is 0 Å². The van der Waals surface area contributed by atoms with Crippen molar-refractivity contribution >= 4 is 15.9 Å². The van der Waals surface area contributed by atoms with Crippen LogP contribution in [0, 0.1) is 12.7 Å². The average Bonchev–Trinajstić information content (AvgIpc) is 3.19. The van der Waals surface area contributed by atoms with Crippen LogP contribution in [-0.2, 0) is 9.84 Å². The third-order valence-corrected chi connectivity index (χ3v) is 6.14. The van der Waals surface area contributed by atoms with Crippen LogP contribution in [0.3, 0.4) is 0 Å². The van der Waals surface area contributed by atoms with Crippen molar-refractivity contribution < 1.29 is 26.8 Å². The molecule has 0 fully saturated rings. The van der Waals surface area contributed by atoms with Crippen molar-refractivity contribution in [1.82, 2.24) is 5.32 Å². The molecule has 0 aliphatic rings. The fourth-order valence-corrected chi connectivity index (χ4v) is 4.27. The summed E-state index contributed by atoms with van der Waals surface area (Å²) in [5.74, 6) is -0.0217. The van der Waals surface area contributed by atoms with E-state index in [9.17, 15) is 17.6 Å². The van der Waals surface area contributed by atoms with Gasteiger partial charge >= 0.3 is 6.09 Å². The van der Waals surface area contributed by atoms with Crippen molar-refractivity contribution in [2.24, 2.45) is 0 Å². The molecule has 1 atom stereocenters. The summed E-state index contributed by atoms with van der Waals surface area (Å²) in [6.07, 6.45) is 0.545. The smallest absolute Gasteiger partial charge is 0.412 e. The lowest BCUT2D eigenvalue weighted by molar-refractivity contribution is 0.200. The van der Waals surface area contributed by atoms with Crippen LogP contribution in [-0.4, -0.2) is 21.1 Å². The Kier molecular flexibility index (Phi) is 5.79. The zero-order chi connectivity index (χ0) is 20.1. The highest BCUT2D eigenvalue weighted by molar-refractivity contribution is 7.91. The quantitative estimate of drug-likeness (QED) is 0.628. The number of carbonyl (C=O) groups is 1. The molecule has 1 amide bonds. The van der Waals surface area contributed by atoms with Gasteiger partial charge in [0.15, 0.2) is 9.84 Å². The van der Waals surface area contributed by atoms with Gasteiger partial charge < -0.3 is 14.5 Å². The average molecular weight is 403 g/mol. The molecule has 8 heteroatoms. The highest BCUT2D eigenvalue weighted by Gasteiger charge is 2.32. The monoisotopic (exact) mass is 403 g/mol. The first-order chi connectivity index (χ1) is 13.4. The first kappa shape index (κ1) is 19.6. The fraction of sp³-hybridized carbons (Fsp3) is 0.150. The number of amides is 1. The molecule has 1 heterocycles. The fourth-order valence-electron chi connectivity index (χ4n) is 2.60. The van der Waals surface area contributed by atoms with Crippen molar-refractivity contribution in [3.63, 3.8) is 0 Å². The first-order valence-electron chi connectivity index (χ1n) is 8.42. The number of nitrogens with one attached hydrogen (secondary N) is 1. The van der Waals surface area contributed by atoms with Gasteiger partial charge in [0.05, 0.1) is 11.2 Å². The molecule has 3 rings (SSSR count). The van der Waals surface area contributed by atoms with E-state index in [0.717, 1.165) is 6.07 Å². The van der Waals surface area contributed by atoms with Crippen LogP contribution in [0.15, 0.2) is 76.2 Å². The van der Waals surface area contributed by atoms with Crippen molar-refractivity contribution in [3.05, 3.63) is 84.1 Å². The minimum atomic E-state index is -3.96. The number of halogens is 1. The Labute approximate surface area is 161 Å². The van der Waals surface area contributed by atoms with Gasteiger partial charge in [0.2, 0.25) is 0 Å². The molecule has 0 spiro atoms. The molecule has 0 bridgehead atoms. The molecule has 0 saturated heterocycles. The highest BCUT2D eigenvalue weighted by atomic mass is 32.2. The van der Waals surface area contributed by atoms with Gasteiger partial charge in [-0.05, 0) is 55.0 Å². The molecule has 0 aliphatic carbocycles. The second kappa shape index (κ2) is 8.26. The molecule has 3 aromatic rings. The van der Waals surface area contributed by atoms with Crippen LogP contribution in [0.5, 0.6) is 5.75 Å². The van der Waals surface area contributed by atoms with Gasteiger partial charge in [0, 0.05) is 6.54 Å².